The molecule has 1 unspecified atom stereocenters. The van der Waals surface area contributed by atoms with E-state index in [4.69, 9.17) is 4.74 Å². The van der Waals surface area contributed by atoms with Crippen molar-refractivity contribution >= 4 is 11.8 Å². The van der Waals surface area contributed by atoms with Crippen molar-refractivity contribution in [3.05, 3.63) is 18.0 Å². The number of nitrogens with zero attached hydrogens (tertiary/aromatic N) is 4. The highest BCUT2D eigenvalue weighted by molar-refractivity contribution is 5.78. The molecule has 2 fully saturated rings. The standard InChI is InChI=1S/C19H31N5O3/c1-22-16(7-8-21-22)5-6-19(26)24-10-3-9-23(11-12-24)15-18(25)20-14-17-4-2-13-27-17/h7-8,17H,2-6,9-15H2,1H3,(H,20,25). The van der Waals surface area contributed by atoms with Crippen LogP contribution in [0.5, 0.6) is 0 Å². The number of hydrogen-bond acceptors (Lipinski definition) is 5. The number of aromatic nitrogens is 2. The van der Waals surface area contributed by atoms with E-state index in [0.717, 1.165) is 51.2 Å². The predicted molar refractivity (Wildman–Crippen MR) is 101 cm³/mol. The summed E-state index contributed by atoms with van der Waals surface area (Å²) in [6, 6.07) is 1.95. The molecule has 0 aromatic carbocycles. The molecule has 150 valence electrons. The second-order valence-corrected chi connectivity index (χ2v) is 7.40. The molecule has 2 saturated heterocycles. The molecule has 0 bridgehead atoms. The van der Waals surface area contributed by atoms with Gasteiger partial charge < -0.3 is 15.0 Å². The van der Waals surface area contributed by atoms with Gasteiger partial charge >= 0.3 is 0 Å². The average Bonchev–Trinajstić information content (AvgIpc) is 3.26. The minimum atomic E-state index is 0.0430. The van der Waals surface area contributed by atoms with Crippen LogP contribution < -0.4 is 5.32 Å². The molecule has 1 atom stereocenters. The van der Waals surface area contributed by atoms with Gasteiger partial charge in [-0.05, 0) is 31.7 Å². The van der Waals surface area contributed by atoms with Crippen molar-refractivity contribution in [2.24, 2.45) is 7.05 Å². The van der Waals surface area contributed by atoms with Crippen molar-refractivity contribution in [2.75, 3.05) is 45.9 Å². The molecular formula is C19H31N5O3. The largest absolute Gasteiger partial charge is 0.376 e. The minimum Gasteiger partial charge on any atom is -0.376 e. The molecule has 1 aromatic rings. The van der Waals surface area contributed by atoms with Gasteiger partial charge in [-0.2, -0.15) is 5.10 Å². The van der Waals surface area contributed by atoms with Gasteiger partial charge in [-0.15, -0.1) is 0 Å². The van der Waals surface area contributed by atoms with Crippen LogP contribution in [-0.4, -0.2) is 83.4 Å². The molecule has 2 amide bonds. The maximum Gasteiger partial charge on any atom is 0.234 e. The van der Waals surface area contributed by atoms with Gasteiger partial charge in [0.25, 0.3) is 0 Å². The van der Waals surface area contributed by atoms with E-state index in [1.807, 2.05) is 22.7 Å². The maximum absolute atomic E-state index is 12.5. The Kier molecular flexibility index (Phi) is 7.23. The predicted octanol–water partition coefficient (Wildman–Crippen LogP) is 0.182. The number of nitrogens with one attached hydrogen (secondary N) is 1. The Bertz CT molecular complexity index is 627. The highest BCUT2D eigenvalue weighted by Gasteiger charge is 2.21. The third-order valence-corrected chi connectivity index (χ3v) is 5.38. The fraction of sp³-hybridized carbons (Fsp3) is 0.737. The van der Waals surface area contributed by atoms with Gasteiger partial charge in [0.1, 0.15) is 0 Å². The highest BCUT2D eigenvalue weighted by Crippen LogP contribution is 2.11. The van der Waals surface area contributed by atoms with Gasteiger partial charge in [-0.25, -0.2) is 0 Å². The topological polar surface area (TPSA) is 79.7 Å². The molecule has 1 aromatic heterocycles. The van der Waals surface area contributed by atoms with Gasteiger partial charge in [0.05, 0.1) is 12.6 Å². The Labute approximate surface area is 160 Å². The van der Waals surface area contributed by atoms with E-state index in [-0.39, 0.29) is 17.9 Å². The summed E-state index contributed by atoms with van der Waals surface area (Å²) in [4.78, 5) is 28.8. The first-order valence-corrected chi connectivity index (χ1v) is 9.97. The van der Waals surface area contributed by atoms with Crippen LogP contribution in [0.1, 0.15) is 31.4 Å². The Morgan fingerprint density at radius 1 is 1.26 bits per heavy atom. The molecule has 2 aliphatic heterocycles. The lowest BCUT2D eigenvalue weighted by Gasteiger charge is -2.22. The molecule has 3 rings (SSSR count). The first kappa shape index (κ1) is 19.8. The van der Waals surface area contributed by atoms with E-state index in [9.17, 15) is 9.59 Å². The Morgan fingerprint density at radius 3 is 2.89 bits per heavy atom. The van der Waals surface area contributed by atoms with Crippen molar-refractivity contribution in [3.63, 3.8) is 0 Å². The van der Waals surface area contributed by atoms with Crippen molar-refractivity contribution in [2.45, 2.75) is 38.2 Å². The summed E-state index contributed by atoms with van der Waals surface area (Å²) in [7, 11) is 1.90. The smallest absolute Gasteiger partial charge is 0.234 e. The second-order valence-electron chi connectivity index (χ2n) is 7.40. The third kappa shape index (κ3) is 6.04. The van der Waals surface area contributed by atoms with E-state index in [2.05, 4.69) is 15.3 Å². The van der Waals surface area contributed by atoms with Crippen LogP contribution in [0, 0.1) is 0 Å². The van der Waals surface area contributed by atoms with Crippen LogP contribution in [0.3, 0.4) is 0 Å². The van der Waals surface area contributed by atoms with E-state index >= 15 is 0 Å². The maximum atomic E-state index is 12.5. The zero-order chi connectivity index (χ0) is 19.1. The van der Waals surface area contributed by atoms with Crippen LogP contribution >= 0.6 is 0 Å². The van der Waals surface area contributed by atoms with Gasteiger partial charge in [0.2, 0.25) is 11.8 Å². The molecule has 0 radical (unpaired) electrons. The van der Waals surface area contributed by atoms with Crippen LogP contribution in [0.2, 0.25) is 0 Å². The summed E-state index contributed by atoms with van der Waals surface area (Å²) in [6.07, 6.45) is 6.15. The average molecular weight is 377 g/mol. The third-order valence-electron chi connectivity index (χ3n) is 5.38. The monoisotopic (exact) mass is 377 g/mol. The normalized spacial score (nSPS) is 21.2. The van der Waals surface area contributed by atoms with E-state index in [0.29, 0.717) is 32.5 Å². The summed E-state index contributed by atoms with van der Waals surface area (Å²) in [5.41, 5.74) is 1.07. The Balaban J connectivity index is 1.36. The summed E-state index contributed by atoms with van der Waals surface area (Å²) < 4.78 is 7.35. The van der Waals surface area contributed by atoms with Crippen LogP contribution in [0.25, 0.3) is 0 Å². The van der Waals surface area contributed by atoms with Gasteiger partial charge in [-0.1, -0.05) is 0 Å². The number of hydrogen-bond donors (Lipinski definition) is 1. The van der Waals surface area contributed by atoms with Gasteiger partial charge in [-0.3, -0.25) is 19.2 Å². The van der Waals surface area contributed by atoms with Crippen LogP contribution in [-0.2, 0) is 27.8 Å². The van der Waals surface area contributed by atoms with Crippen molar-refractivity contribution in [3.8, 4) is 0 Å². The SMILES string of the molecule is Cn1nccc1CCC(=O)N1CCCN(CC(=O)NCC2CCCO2)CC1. The Morgan fingerprint density at radius 2 is 2.15 bits per heavy atom. The lowest BCUT2D eigenvalue weighted by molar-refractivity contribution is -0.131. The van der Waals surface area contributed by atoms with Crippen LogP contribution in [0.4, 0.5) is 0 Å². The molecule has 0 aliphatic carbocycles. The quantitative estimate of drug-likeness (QED) is 0.733. The van der Waals surface area contributed by atoms with Crippen molar-refractivity contribution < 1.29 is 14.3 Å². The summed E-state index contributed by atoms with van der Waals surface area (Å²) in [5, 5.41) is 7.11. The van der Waals surface area contributed by atoms with Gasteiger partial charge in [0.15, 0.2) is 0 Å². The molecule has 0 saturated carbocycles. The molecule has 1 N–H and O–H groups in total. The van der Waals surface area contributed by atoms with Crippen LogP contribution in [0.15, 0.2) is 12.3 Å². The first-order valence-electron chi connectivity index (χ1n) is 9.97. The first-order chi connectivity index (χ1) is 13.1. The summed E-state index contributed by atoms with van der Waals surface area (Å²) in [6.45, 7) is 4.83. The lowest BCUT2D eigenvalue weighted by Crippen LogP contribution is -2.42. The number of ether oxygens (including phenoxy) is 1. The highest BCUT2D eigenvalue weighted by atomic mass is 16.5. The van der Waals surface area contributed by atoms with Crippen molar-refractivity contribution in [1.82, 2.24) is 24.9 Å². The molecule has 8 nitrogen and oxygen atoms in total. The summed E-state index contributed by atoms with van der Waals surface area (Å²) >= 11 is 0. The van der Waals surface area contributed by atoms with E-state index < -0.39 is 0 Å². The zero-order valence-electron chi connectivity index (χ0n) is 16.2. The number of carbonyl (C=O) groups is 2. The molecule has 3 heterocycles. The number of aryl methyl sites for hydroxylation is 2. The number of rotatable bonds is 7. The van der Waals surface area contributed by atoms with E-state index in [1.165, 1.54) is 0 Å². The number of carbonyl (C=O) groups excluding carboxylic acids is 2. The fourth-order valence-electron chi connectivity index (χ4n) is 3.71. The number of amides is 2. The molecule has 27 heavy (non-hydrogen) atoms. The lowest BCUT2D eigenvalue weighted by atomic mass is 10.2. The van der Waals surface area contributed by atoms with E-state index in [1.54, 1.807) is 6.20 Å². The molecule has 2 aliphatic rings. The molecule has 8 heteroatoms. The van der Waals surface area contributed by atoms with Gasteiger partial charge in [0, 0.05) is 64.7 Å². The van der Waals surface area contributed by atoms with Crippen molar-refractivity contribution in [1.29, 1.82) is 0 Å². The second kappa shape index (κ2) is 9.85. The Hall–Kier alpha value is -1.93. The zero-order valence-corrected chi connectivity index (χ0v) is 16.2. The minimum absolute atomic E-state index is 0.0430. The molecule has 0 spiro atoms. The summed E-state index contributed by atoms with van der Waals surface area (Å²) in [5.74, 6) is 0.224. The molecular weight excluding hydrogens is 346 g/mol. The fourth-order valence-corrected chi connectivity index (χ4v) is 3.71.